The number of nitrogens with two attached hydrogens (primary N) is 1. The minimum absolute atomic E-state index is 0.379. The quantitative estimate of drug-likeness (QED) is 0.639. The van der Waals surface area contributed by atoms with Crippen molar-refractivity contribution < 1.29 is 9.53 Å². The average molecular weight is 244 g/mol. The van der Waals surface area contributed by atoms with Gasteiger partial charge in [0.15, 0.2) is 6.23 Å². The predicted octanol–water partition coefficient (Wildman–Crippen LogP) is 1.97. The van der Waals surface area contributed by atoms with Crippen molar-refractivity contribution >= 4 is 21.9 Å². The van der Waals surface area contributed by atoms with Crippen LogP contribution >= 0.6 is 15.9 Å². The molecule has 1 rings (SSSR count). The Morgan fingerprint density at radius 3 is 2.46 bits per heavy atom. The molecule has 1 atom stereocenters. The second-order valence-electron chi connectivity index (χ2n) is 2.58. The van der Waals surface area contributed by atoms with Gasteiger partial charge in [-0.15, -0.1) is 0 Å². The number of benzene rings is 1. The first-order valence-electron chi connectivity index (χ1n) is 3.78. The lowest BCUT2D eigenvalue weighted by Crippen LogP contribution is -2.16. The third-order valence-electron chi connectivity index (χ3n) is 1.49. The summed E-state index contributed by atoms with van der Waals surface area (Å²) in [6, 6.07) is 7.30. The van der Waals surface area contributed by atoms with Crippen LogP contribution in [0.5, 0.6) is 0 Å². The molecule has 0 aliphatic rings. The standard InChI is InChI=1S/C9H10BrNO2/c1-6(12)13-9(11)7-2-4-8(10)5-3-7/h2-5,9H,11H2,1H3. The number of esters is 1. The van der Waals surface area contributed by atoms with Crippen molar-refractivity contribution in [3.63, 3.8) is 0 Å². The highest BCUT2D eigenvalue weighted by Gasteiger charge is 2.07. The Bertz CT molecular complexity index is 297. The Morgan fingerprint density at radius 1 is 1.46 bits per heavy atom. The average Bonchev–Trinajstić information content (AvgIpc) is 2.04. The SMILES string of the molecule is CC(=O)OC(N)c1ccc(Br)cc1. The Kier molecular flexibility index (Phi) is 3.45. The molecule has 0 aliphatic carbocycles. The van der Waals surface area contributed by atoms with Gasteiger partial charge in [0, 0.05) is 17.0 Å². The molecule has 2 N–H and O–H groups in total. The molecule has 0 amide bonds. The van der Waals surface area contributed by atoms with E-state index in [4.69, 9.17) is 10.5 Å². The third-order valence-corrected chi connectivity index (χ3v) is 2.02. The number of halogens is 1. The maximum absolute atomic E-state index is 10.6. The summed E-state index contributed by atoms with van der Waals surface area (Å²) in [5.74, 6) is -0.379. The first kappa shape index (κ1) is 10.2. The highest BCUT2D eigenvalue weighted by molar-refractivity contribution is 9.10. The second kappa shape index (κ2) is 4.39. The van der Waals surface area contributed by atoms with Crippen molar-refractivity contribution in [3.8, 4) is 0 Å². The van der Waals surface area contributed by atoms with Crippen LogP contribution in [0.25, 0.3) is 0 Å². The van der Waals surface area contributed by atoms with E-state index in [1.54, 1.807) is 12.1 Å². The number of carbonyl (C=O) groups is 1. The van der Waals surface area contributed by atoms with Crippen LogP contribution in [-0.2, 0) is 9.53 Å². The number of hydrogen-bond acceptors (Lipinski definition) is 3. The van der Waals surface area contributed by atoms with Gasteiger partial charge in [0.2, 0.25) is 0 Å². The summed E-state index contributed by atoms with van der Waals surface area (Å²) in [5.41, 5.74) is 6.36. The van der Waals surface area contributed by atoms with E-state index in [-0.39, 0.29) is 5.97 Å². The summed E-state index contributed by atoms with van der Waals surface area (Å²) in [6.07, 6.45) is -0.675. The summed E-state index contributed by atoms with van der Waals surface area (Å²) in [7, 11) is 0. The van der Waals surface area contributed by atoms with Crippen molar-refractivity contribution in [1.82, 2.24) is 0 Å². The summed E-state index contributed by atoms with van der Waals surface area (Å²) in [6.45, 7) is 1.33. The van der Waals surface area contributed by atoms with Crippen molar-refractivity contribution in [3.05, 3.63) is 34.3 Å². The van der Waals surface area contributed by atoms with Crippen LogP contribution in [0.4, 0.5) is 0 Å². The van der Waals surface area contributed by atoms with Gasteiger partial charge < -0.3 is 4.74 Å². The van der Waals surface area contributed by atoms with Crippen LogP contribution in [0.3, 0.4) is 0 Å². The molecule has 3 nitrogen and oxygen atoms in total. The molecule has 0 radical (unpaired) electrons. The largest absolute Gasteiger partial charge is 0.443 e. The molecule has 70 valence electrons. The van der Waals surface area contributed by atoms with Gasteiger partial charge >= 0.3 is 5.97 Å². The minimum atomic E-state index is -0.675. The molecule has 4 heteroatoms. The monoisotopic (exact) mass is 243 g/mol. The summed E-state index contributed by atoms with van der Waals surface area (Å²) in [4.78, 5) is 10.6. The number of rotatable bonds is 2. The zero-order valence-electron chi connectivity index (χ0n) is 7.16. The highest BCUT2D eigenvalue weighted by Crippen LogP contribution is 2.15. The van der Waals surface area contributed by atoms with E-state index in [2.05, 4.69) is 15.9 Å². The molecule has 13 heavy (non-hydrogen) atoms. The predicted molar refractivity (Wildman–Crippen MR) is 52.8 cm³/mol. The van der Waals surface area contributed by atoms with Gasteiger partial charge in [0.05, 0.1) is 0 Å². The van der Waals surface area contributed by atoms with Crippen LogP contribution in [0.2, 0.25) is 0 Å². The van der Waals surface area contributed by atoms with Gasteiger partial charge in [-0.3, -0.25) is 10.5 Å². The molecular formula is C9H10BrNO2. The van der Waals surface area contributed by atoms with Crippen molar-refractivity contribution in [1.29, 1.82) is 0 Å². The van der Waals surface area contributed by atoms with Gasteiger partial charge in [0.25, 0.3) is 0 Å². The number of hydrogen-bond donors (Lipinski definition) is 1. The summed E-state index contributed by atoms with van der Waals surface area (Å²) in [5, 5.41) is 0. The molecule has 1 unspecified atom stereocenters. The smallest absolute Gasteiger partial charge is 0.304 e. The van der Waals surface area contributed by atoms with Crippen molar-refractivity contribution in [2.75, 3.05) is 0 Å². The van der Waals surface area contributed by atoms with Crippen LogP contribution in [-0.4, -0.2) is 5.97 Å². The molecule has 0 saturated carbocycles. The van der Waals surface area contributed by atoms with E-state index in [0.717, 1.165) is 10.0 Å². The molecule has 0 fully saturated rings. The number of carbonyl (C=O) groups excluding carboxylic acids is 1. The lowest BCUT2D eigenvalue weighted by atomic mass is 10.2. The molecule has 1 aromatic carbocycles. The van der Waals surface area contributed by atoms with E-state index in [1.165, 1.54) is 6.92 Å². The molecule has 1 aromatic rings. The van der Waals surface area contributed by atoms with Gasteiger partial charge in [0.1, 0.15) is 0 Å². The molecule has 0 bridgehead atoms. The van der Waals surface area contributed by atoms with Crippen molar-refractivity contribution in [2.24, 2.45) is 5.73 Å². The first-order chi connectivity index (χ1) is 6.09. The lowest BCUT2D eigenvalue weighted by Gasteiger charge is -2.11. The Hall–Kier alpha value is -0.870. The fourth-order valence-electron chi connectivity index (χ4n) is 0.899. The van der Waals surface area contributed by atoms with Gasteiger partial charge in [-0.05, 0) is 12.1 Å². The van der Waals surface area contributed by atoms with Crippen LogP contribution in [0.15, 0.2) is 28.7 Å². The van der Waals surface area contributed by atoms with Gasteiger partial charge in [-0.25, -0.2) is 0 Å². The summed E-state index contributed by atoms with van der Waals surface area (Å²) >= 11 is 3.30. The van der Waals surface area contributed by atoms with Crippen LogP contribution < -0.4 is 5.73 Å². The molecule has 0 saturated heterocycles. The highest BCUT2D eigenvalue weighted by atomic mass is 79.9. The maximum Gasteiger partial charge on any atom is 0.304 e. The topological polar surface area (TPSA) is 52.3 Å². The normalized spacial score (nSPS) is 12.2. The fraction of sp³-hybridized carbons (Fsp3) is 0.222. The third kappa shape index (κ3) is 3.16. The van der Waals surface area contributed by atoms with Crippen LogP contribution in [0.1, 0.15) is 18.7 Å². The van der Waals surface area contributed by atoms with Gasteiger partial charge in [-0.1, -0.05) is 28.1 Å². The Morgan fingerprint density at radius 2 is 2.00 bits per heavy atom. The van der Waals surface area contributed by atoms with E-state index in [1.807, 2.05) is 12.1 Å². The van der Waals surface area contributed by atoms with E-state index in [0.29, 0.717) is 0 Å². The minimum Gasteiger partial charge on any atom is -0.443 e. The zero-order chi connectivity index (χ0) is 9.84. The maximum atomic E-state index is 10.6. The molecular weight excluding hydrogens is 234 g/mol. The van der Waals surface area contributed by atoms with Crippen molar-refractivity contribution in [2.45, 2.75) is 13.2 Å². The number of ether oxygens (including phenoxy) is 1. The second-order valence-corrected chi connectivity index (χ2v) is 3.50. The fourth-order valence-corrected chi connectivity index (χ4v) is 1.16. The molecule has 0 aliphatic heterocycles. The molecule has 0 heterocycles. The molecule has 0 aromatic heterocycles. The van der Waals surface area contributed by atoms with Gasteiger partial charge in [-0.2, -0.15) is 0 Å². The molecule has 0 spiro atoms. The lowest BCUT2D eigenvalue weighted by molar-refractivity contribution is -0.146. The Balaban J connectivity index is 2.71. The van der Waals surface area contributed by atoms with E-state index >= 15 is 0 Å². The zero-order valence-corrected chi connectivity index (χ0v) is 8.74. The first-order valence-corrected chi connectivity index (χ1v) is 4.57. The van der Waals surface area contributed by atoms with Crippen LogP contribution in [0, 0.1) is 0 Å². The summed E-state index contributed by atoms with van der Waals surface area (Å²) < 4.78 is 5.76. The Labute approximate surface area is 85.0 Å². The van der Waals surface area contributed by atoms with E-state index in [9.17, 15) is 4.79 Å². The van der Waals surface area contributed by atoms with E-state index < -0.39 is 6.23 Å².